The summed E-state index contributed by atoms with van der Waals surface area (Å²) >= 11 is 0. The molecule has 0 radical (unpaired) electrons. The number of pyridine rings is 1. The largest absolute Gasteiger partial charge is 0.469 e. The number of hydrogen-bond acceptors (Lipinski definition) is 4. The van der Waals surface area contributed by atoms with Crippen LogP contribution in [0.15, 0.2) is 12.3 Å². The van der Waals surface area contributed by atoms with Crippen LogP contribution in [-0.4, -0.2) is 42.0 Å². The van der Waals surface area contributed by atoms with E-state index in [2.05, 4.69) is 9.72 Å². The van der Waals surface area contributed by atoms with Gasteiger partial charge in [-0.05, 0) is 12.0 Å². The number of methoxy groups -OCH3 is 1. The predicted molar refractivity (Wildman–Crippen MR) is 64.7 cm³/mol. The van der Waals surface area contributed by atoms with Gasteiger partial charge in [0.15, 0.2) is 5.82 Å². The zero-order valence-corrected chi connectivity index (χ0v) is 11.1. The minimum Gasteiger partial charge on any atom is -0.469 e. The lowest BCUT2D eigenvalue weighted by molar-refractivity contribution is -0.146. The van der Waals surface area contributed by atoms with Crippen LogP contribution in [-0.2, 0) is 9.53 Å². The molecular formula is C13H14F2N2O3. The molecule has 2 rings (SSSR count). The molecule has 0 aromatic carbocycles. The molecule has 2 heterocycles. The number of esters is 1. The molecule has 5 nitrogen and oxygen atoms in total. The summed E-state index contributed by atoms with van der Waals surface area (Å²) in [5, 5.41) is 0. The summed E-state index contributed by atoms with van der Waals surface area (Å²) in [6, 6.07) is 1.12. The standard InChI is InChI=1S/C13H14F2N2O3/c1-7-5-17(6-9(7)13(19)20-2)12(18)8-3-4-16-11(15)10(8)14/h3-4,7,9H,5-6H2,1-2H3. The summed E-state index contributed by atoms with van der Waals surface area (Å²) < 4.78 is 31.2. The lowest BCUT2D eigenvalue weighted by Crippen LogP contribution is -2.31. The van der Waals surface area contributed by atoms with Gasteiger partial charge in [-0.1, -0.05) is 6.92 Å². The molecule has 2 atom stereocenters. The number of aromatic nitrogens is 1. The van der Waals surface area contributed by atoms with Crippen molar-refractivity contribution in [3.05, 3.63) is 29.6 Å². The van der Waals surface area contributed by atoms with Crippen molar-refractivity contribution in [2.75, 3.05) is 20.2 Å². The second-order valence-electron chi connectivity index (χ2n) is 4.78. The number of carbonyl (C=O) groups is 2. The number of amides is 1. The third-order valence-corrected chi connectivity index (χ3v) is 3.48. The molecule has 1 aliphatic heterocycles. The van der Waals surface area contributed by atoms with Crippen LogP contribution in [0, 0.1) is 23.6 Å². The summed E-state index contributed by atoms with van der Waals surface area (Å²) in [4.78, 5) is 28.2. The highest BCUT2D eigenvalue weighted by atomic mass is 19.2. The third kappa shape index (κ3) is 2.48. The van der Waals surface area contributed by atoms with Gasteiger partial charge in [-0.15, -0.1) is 0 Å². The molecular weight excluding hydrogens is 270 g/mol. The van der Waals surface area contributed by atoms with E-state index in [-0.39, 0.29) is 18.0 Å². The molecule has 1 aromatic rings. The van der Waals surface area contributed by atoms with E-state index < -0.39 is 29.6 Å². The lowest BCUT2D eigenvalue weighted by atomic mass is 9.99. The molecule has 0 spiro atoms. The number of likely N-dealkylation sites (tertiary alicyclic amines) is 1. The summed E-state index contributed by atoms with van der Waals surface area (Å²) in [5.41, 5.74) is -0.379. The van der Waals surface area contributed by atoms with Crippen LogP contribution < -0.4 is 0 Å². The Morgan fingerprint density at radius 3 is 2.75 bits per heavy atom. The van der Waals surface area contributed by atoms with Crippen molar-refractivity contribution in [3.8, 4) is 0 Å². The maximum absolute atomic E-state index is 13.5. The Balaban J connectivity index is 2.19. The fraction of sp³-hybridized carbons (Fsp3) is 0.462. The van der Waals surface area contributed by atoms with Crippen molar-refractivity contribution < 1.29 is 23.1 Å². The molecule has 1 fully saturated rings. The minimum atomic E-state index is -1.31. The maximum atomic E-state index is 13.5. The molecule has 20 heavy (non-hydrogen) atoms. The Morgan fingerprint density at radius 2 is 2.10 bits per heavy atom. The van der Waals surface area contributed by atoms with E-state index in [0.717, 1.165) is 12.3 Å². The monoisotopic (exact) mass is 284 g/mol. The van der Waals surface area contributed by atoms with E-state index in [1.807, 2.05) is 0 Å². The normalized spacial score (nSPS) is 21.9. The second kappa shape index (κ2) is 5.52. The first-order valence-electron chi connectivity index (χ1n) is 6.12. The van der Waals surface area contributed by atoms with Crippen molar-refractivity contribution >= 4 is 11.9 Å². The Hall–Kier alpha value is -2.05. The topological polar surface area (TPSA) is 59.5 Å². The first-order valence-corrected chi connectivity index (χ1v) is 6.12. The van der Waals surface area contributed by atoms with Crippen LogP contribution in [0.5, 0.6) is 0 Å². The Kier molecular flexibility index (Phi) is 3.96. The van der Waals surface area contributed by atoms with Crippen LogP contribution in [0.2, 0.25) is 0 Å². The summed E-state index contributed by atoms with van der Waals surface area (Å²) in [5.74, 6) is -4.18. The molecule has 0 bridgehead atoms. The van der Waals surface area contributed by atoms with Gasteiger partial charge in [0.2, 0.25) is 5.95 Å². The van der Waals surface area contributed by atoms with Crippen LogP contribution in [0.1, 0.15) is 17.3 Å². The summed E-state index contributed by atoms with van der Waals surface area (Å²) in [7, 11) is 1.28. The number of rotatable bonds is 2. The molecule has 2 unspecified atom stereocenters. The molecule has 1 aliphatic rings. The summed E-state index contributed by atoms with van der Waals surface area (Å²) in [6.45, 7) is 2.23. The third-order valence-electron chi connectivity index (χ3n) is 3.48. The highest BCUT2D eigenvalue weighted by Gasteiger charge is 2.38. The zero-order valence-electron chi connectivity index (χ0n) is 11.1. The van der Waals surface area contributed by atoms with Crippen LogP contribution >= 0.6 is 0 Å². The van der Waals surface area contributed by atoms with Crippen molar-refractivity contribution in [1.82, 2.24) is 9.88 Å². The molecule has 7 heteroatoms. The van der Waals surface area contributed by atoms with Gasteiger partial charge in [-0.2, -0.15) is 4.39 Å². The average Bonchev–Trinajstić information content (AvgIpc) is 2.82. The van der Waals surface area contributed by atoms with Crippen LogP contribution in [0.3, 0.4) is 0 Å². The first-order chi connectivity index (χ1) is 9.45. The predicted octanol–water partition coefficient (Wildman–Crippen LogP) is 1.24. The van der Waals surface area contributed by atoms with Gasteiger partial charge >= 0.3 is 5.97 Å². The van der Waals surface area contributed by atoms with Crippen molar-refractivity contribution in [1.29, 1.82) is 0 Å². The molecule has 1 amide bonds. The van der Waals surface area contributed by atoms with E-state index in [9.17, 15) is 18.4 Å². The van der Waals surface area contributed by atoms with Crippen LogP contribution in [0.4, 0.5) is 8.78 Å². The van der Waals surface area contributed by atoms with E-state index >= 15 is 0 Å². The average molecular weight is 284 g/mol. The highest BCUT2D eigenvalue weighted by molar-refractivity contribution is 5.95. The fourth-order valence-electron chi connectivity index (χ4n) is 2.34. The number of nitrogens with zero attached hydrogens (tertiary/aromatic N) is 2. The van der Waals surface area contributed by atoms with Gasteiger partial charge in [0.1, 0.15) is 0 Å². The summed E-state index contributed by atoms with van der Waals surface area (Å²) in [6.07, 6.45) is 1.03. The Labute approximate surface area is 114 Å². The van der Waals surface area contributed by atoms with E-state index in [4.69, 9.17) is 0 Å². The van der Waals surface area contributed by atoms with Crippen molar-refractivity contribution in [3.63, 3.8) is 0 Å². The van der Waals surface area contributed by atoms with E-state index in [1.165, 1.54) is 12.0 Å². The number of hydrogen-bond donors (Lipinski definition) is 0. The van der Waals surface area contributed by atoms with E-state index in [1.54, 1.807) is 6.92 Å². The Bertz CT molecular complexity index is 550. The maximum Gasteiger partial charge on any atom is 0.310 e. The minimum absolute atomic E-state index is 0.0962. The Morgan fingerprint density at radius 1 is 1.40 bits per heavy atom. The quantitative estimate of drug-likeness (QED) is 0.605. The van der Waals surface area contributed by atoms with Gasteiger partial charge in [0.05, 0.1) is 18.6 Å². The first kappa shape index (κ1) is 14.4. The molecule has 0 N–H and O–H groups in total. The fourth-order valence-corrected chi connectivity index (χ4v) is 2.34. The van der Waals surface area contributed by atoms with Gasteiger partial charge in [0.25, 0.3) is 5.91 Å². The lowest BCUT2D eigenvalue weighted by Gasteiger charge is -2.16. The second-order valence-corrected chi connectivity index (χ2v) is 4.78. The smallest absolute Gasteiger partial charge is 0.310 e. The molecule has 0 aliphatic carbocycles. The molecule has 1 saturated heterocycles. The van der Waals surface area contributed by atoms with Crippen LogP contribution in [0.25, 0.3) is 0 Å². The van der Waals surface area contributed by atoms with Gasteiger partial charge in [0, 0.05) is 19.3 Å². The van der Waals surface area contributed by atoms with Crippen molar-refractivity contribution in [2.45, 2.75) is 6.92 Å². The number of carbonyl (C=O) groups excluding carboxylic acids is 2. The van der Waals surface area contributed by atoms with Gasteiger partial charge in [-0.3, -0.25) is 9.59 Å². The number of ether oxygens (including phenoxy) is 1. The molecule has 1 aromatic heterocycles. The SMILES string of the molecule is COC(=O)C1CN(C(=O)c2ccnc(F)c2F)CC1C. The van der Waals surface area contributed by atoms with Crippen molar-refractivity contribution in [2.24, 2.45) is 11.8 Å². The zero-order chi connectivity index (χ0) is 14.9. The van der Waals surface area contributed by atoms with E-state index in [0.29, 0.717) is 6.54 Å². The molecule has 0 saturated carbocycles. The van der Waals surface area contributed by atoms with Gasteiger partial charge in [-0.25, -0.2) is 9.37 Å². The van der Waals surface area contributed by atoms with Gasteiger partial charge < -0.3 is 9.64 Å². The molecule has 108 valence electrons. The number of halogens is 2. The highest BCUT2D eigenvalue weighted by Crippen LogP contribution is 2.26.